The highest BCUT2D eigenvalue weighted by Crippen LogP contribution is 2.22. The van der Waals surface area contributed by atoms with E-state index in [1.54, 1.807) is 6.92 Å². The molecule has 2 aromatic rings. The summed E-state index contributed by atoms with van der Waals surface area (Å²) in [5.41, 5.74) is 0.860. The van der Waals surface area contributed by atoms with E-state index in [-0.39, 0.29) is 44.3 Å². The van der Waals surface area contributed by atoms with Crippen LogP contribution in [0.3, 0.4) is 0 Å². The van der Waals surface area contributed by atoms with Gasteiger partial charge in [0.15, 0.2) is 0 Å². The normalized spacial score (nSPS) is 21.5. The SMILES string of the molecule is C[C@]1(O)CCCN(CC(=O)OCc2ccccc2)C[C@@H]1NCC(=O)OCc1ccccc1. The topological polar surface area (TPSA) is 88.1 Å². The van der Waals surface area contributed by atoms with Gasteiger partial charge in [0.1, 0.15) is 13.2 Å². The van der Waals surface area contributed by atoms with E-state index in [9.17, 15) is 14.7 Å². The number of aliphatic hydroxyl groups is 1. The van der Waals surface area contributed by atoms with E-state index in [2.05, 4.69) is 5.32 Å². The Labute approximate surface area is 189 Å². The van der Waals surface area contributed by atoms with Crippen LogP contribution in [-0.2, 0) is 32.3 Å². The highest BCUT2D eigenvalue weighted by Gasteiger charge is 2.36. The second-order valence-corrected chi connectivity index (χ2v) is 8.42. The Morgan fingerprint density at radius 3 is 2.16 bits per heavy atom. The number of hydrogen-bond acceptors (Lipinski definition) is 7. The quantitative estimate of drug-likeness (QED) is 0.579. The average molecular weight is 441 g/mol. The molecule has 7 nitrogen and oxygen atoms in total. The molecule has 1 aliphatic heterocycles. The van der Waals surface area contributed by atoms with Crippen LogP contribution in [0.15, 0.2) is 60.7 Å². The number of nitrogens with zero attached hydrogens (tertiary/aromatic N) is 1. The standard InChI is InChI=1S/C25H32N2O5/c1-25(30)13-8-14-27(17-24(29)32-19-21-11-6-3-7-12-21)16-22(25)26-15-23(28)31-18-20-9-4-2-5-10-20/h2-7,9-12,22,26,30H,8,13-19H2,1H3/t22-,25-/m0/s1. The van der Waals surface area contributed by atoms with E-state index in [1.807, 2.05) is 65.6 Å². The van der Waals surface area contributed by atoms with E-state index in [0.29, 0.717) is 19.5 Å². The lowest BCUT2D eigenvalue weighted by molar-refractivity contribution is -0.147. The van der Waals surface area contributed by atoms with Crippen LogP contribution in [0.4, 0.5) is 0 Å². The van der Waals surface area contributed by atoms with Crippen molar-refractivity contribution in [3.05, 3.63) is 71.8 Å². The van der Waals surface area contributed by atoms with E-state index in [0.717, 1.165) is 17.5 Å². The maximum atomic E-state index is 12.3. The van der Waals surface area contributed by atoms with E-state index in [4.69, 9.17) is 9.47 Å². The first-order valence-electron chi connectivity index (χ1n) is 11.0. The number of hydrogen-bond donors (Lipinski definition) is 2. The predicted molar refractivity (Wildman–Crippen MR) is 121 cm³/mol. The number of ether oxygens (including phenoxy) is 2. The van der Waals surface area contributed by atoms with Crippen LogP contribution < -0.4 is 5.32 Å². The smallest absolute Gasteiger partial charge is 0.320 e. The highest BCUT2D eigenvalue weighted by atomic mass is 16.5. The molecular formula is C25H32N2O5. The summed E-state index contributed by atoms with van der Waals surface area (Å²) in [5, 5.41) is 14.0. The molecule has 2 aromatic carbocycles. The summed E-state index contributed by atoms with van der Waals surface area (Å²) in [7, 11) is 0. The van der Waals surface area contributed by atoms with Crippen molar-refractivity contribution < 1.29 is 24.2 Å². The molecule has 0 spiro atoms. The highest BCUT2D eigenvalue weighted by molar-refractivity contribution is 5.72. The Hall–Kier alpha value is -2.74. The van der Waals surface area contributed by atoms with Crippen molar-refractivity contribution in [2.24, 2.45) is 0 Å². The summed E-state index contributed by atoms with van der Waals surface area (Å²) in [6.45, 7) is 3.44. The molecule has 1 aliphatic rings. The molecule has 0 radical (unpaired) electrons. The van der Waals surface area contributed by atoms with Gasteiger partial charge in [-0.15, -0.1) is 0 Å². The third-order valence-electron chi connectivity index (χ3n) is 5.68. The van der Waals surface area contributed by atoms with Crippen LogP contribution in [0.2, 0.25) is 0 Å². The fourth-order valence-electron chi connectivity index (χ4n) is 3.77. The second kappa shape index (κ2) is 11.8. The van der Waals surface area contributed by atoms with Crippen LogP contribution in [0.25, 0.3) is 0 Å². The van der Waals surface area contributed by atoms with Crippen molar-refractivity contribution in [3.8, 4) is 0 Å². The van der Waals surface area contributed by atoms with E-state index in [1.165, 1.54) is 0 Å². The zero-order valence-corrected chi connectivity index (χ0v) is 18.5. The third kappa shape index (κ3) is 7.75. The lowest BCUT2D eigenvalue weighted by Crippen LogP contribution is -2.54. The molecule has 0 amide bonds. The predicted octanol–water partition coefficient (Wildman–Crippen LogP) is 2.28. The fraction of sp³-hybridized carbons (Fsp3) is 0.440. The Bertz CT molecular complexity index is 857. The molecule has 7 heteroatoms. The first-order chi connectivity index (χ1) is 15.4. The number of benzene rings is 2. The van der Waals surface area contributed by atoms with Gasteiger partial charge in [0.2, 0.25) is 0 Å². The van der Waals surface area contributed by atoms with Crippen molar-refractivity contribution >= 4 is 11.9 Å². The zero-order chi connectivity index (χ0) is 22.8. The minimum absolute atomic E-state index is 0.0139. The zero-order valence-electron chi connectivity index (χ0n) is 18.5. The summed E-state index contributed by atoms with van der Waals surface area (Å²) >= 11 is 0. The summed E-state index contributed by atoms with van der Waals surface area (Å²) in [6.07, 6.45) is 1.31. The Morgan fingerprint density at radius 2 is 1.56 bits per heavy atom. The van der Waals surface area contributed by atoms with Crippen LogP contribution in [0.1, 0.15) is 30.9 Å². The van der Waals surface area contributed by atoms with Gasteiger partial charge in [0, 0.05) is 12.6 Å². The molecule has 0 aromatic heterocycles. The molecule has 1 saturated heterocycles. The minimum Gasteiger partial charge on any atom is -0.460 e. The molecule has 0 saturated carbocycles. The number of nitrogens with one attached hydrogen (secondary N) is 1. The number of esters is 2. The molecule has 1 heterocycles. The minimum atomic E-state index is -0.998. The number of carbonyl (C=O) groups excluding carboxylic acids is 2. The molecule has 172 valence electrons. The number of likely N-dealkylation sites (tertiary alicyclic amines) is 1. The third-order valence-corrected chi connectivity index (χ3v) is 5.68. The van der Waals surface area contributed by atoms with Gasteiger partial charge >= 0.3 is 11.9 Å². The summed E-state index contributed by atoms with van der Waals surface area (Å²) in [5.74, 6) is -0.695. The molecule has 2 atom stereocenters. The van der Waals surface area contributed by atoms with Crippen molar-refractivity contribution in [1.29, 1.82) is 0 Å². The summed E-state index contributed by atoms with van der Waals surface area (Å²) in [4.78, 5) is 26.5. The molecule has 0 bridgehead atoms. The summed E-state index contributed by atoms with van der Waals surface area (Å²) < 4.78 is 10.7. The Balaban J connectivity index is 1.46. The maximum absolute atomic E-state index is 12.3. The molecule has 0 aliphatic carbocycles. The monoisotopic (exact) mass is 440 g/mol. The molecule has 1 fully saturated rings. The van der Waals surface area contributed by atoms with Crippen LogP contribution in [-0.4, -0.2) is 59.8 Å². The number of carbonyl (C=O) groups is 2. The molecule has 2 N–H and O–H groups in total. The Kier molecular flexibility index (Phi) is 8.79. The first kappa shape index (κ1) is 23.9. The van der Waals surface area contributed by atoms with E-state index < -0.39 is 5.60 Å². The molecule has 0 unspecified atom stereocenters. The second-order valence-electron chi connectivity index (χ2n) is 8.42. The number of rotatable bonds is 9. The van der Waals surface area contributed by atoms with Gasteiger partial charge in [-0.1, -0.05) is 60.7 Å². The van der Waals surface area contributed by atoms with Gasteiger partial charge in [-0.25, -0.2) is 0 Å². The van der Waals surface area contributed by atoms with Gasteiger partial charge in [-0.3, -0.25) is 14.5 Å². The largest absolute Gasteiger partial charge is 0.460 e. The van der Waals surface area contributed by atoms with E-state index >= 15 is 0 Å². The van der Waals surface area contributed by atoms with Gasteiger partial charge in [0.25, 0.3) is 0 Å². The lowest BCUT2D eigenvalue weighted by Gasteiger charge is -2.33. The van der Waals surface area contributed by atoms with Crippen LogP contribution in [0.5, 0.6) is 0 Å². The van der Waals surface area contributed by atoms with Crippen molar-refractivity contribution in [1.82, 2.24) is 10.2 Å². The molecule has 32 heavy (non-hydrogen) atoms. The van der Waals surface area contributed by atoms with Crippen LogP contribution >= 0.6 is 0 Å². The molecule has 3 rings (SSSR count). The Morgan fingerprint density at radius 1 is 1.00 bits per heavy atom. The molecular weight excluding hydrogens is 408 g/mol. The van der Waals surface area contributed by atoms with Crippen LogP contribution in [0, 0.1) is 0 Å². The van der Waals surface area contributed by atoms with Crippen molar-refractivity contribution in [2.75, 3.05) is 26.2 Å². The maximum Gasteiger partial charge on any atom is 0.320 e. The summed E-state index contributed by atoms with van der Waals surface area (Å²) in [6, 6.07) is 18.6. The van der Waals surface area contributed by atoms with Crippen molar-refractivity contribution in [2.45, 2.75) is 44.6 Å². The fourth-order valence-corrected chi connectivity index (χ4v) is 3.77. The lowest BCUT2D eigenvalue weighted by atomic mass is 9.92. The average Bonchev–Trinajstić information content (AvgIpc) is 2.93. The van der Waals surface area contributed by atoms with Gasteiger partial charge in [0.05, 0.1) is 18.7 Å². The first-order valence-corrected chi connectivity index (χ1v) is 11.0. The van der Waals surface area contributed by atoms with Gasteiger partial charge in [-0.05, 0) is 37.4 Å². The van der Waals surface area contributed by atoms with Gasteiger partial charge < -0.3 is 19.9 Å². The van der Waals surface area contributed by atoms with Crippen molar-refractivity contribution in [3.63, 3.8) is 0 Å². The van der Waals surface area contributed by atoms with Gasteiger partial charge in [-0.2, -0.15) is 0 Å².